The van der Waals surface area contributed by atoms with Crippen molar-refractivity contribution in [1.82, 2.24) is 9.55 Å². The van der Waals surface area contributed by atoms with Crippen LogP contribution in [0.3, 0.4) is 0 Å². The van der Waals surface area contributed by atoms with Gasteiger partial charge >= 0.3 is 5.69 Å². The van der Waals surface area contributed by atoms with Gasteiger partial charge in [0.1, 0.15) is 6.23 Å². The molecular weight excluding hydrogens is 356 g/mol. The molecule has 2 rings (SSSR count). The van der Waals surface area contributed by atoms with E-state index < -0.39 is 17.5 Å². The summed E-state index contributed by atoms with van der Waals surface area (Å²) in [6.07, 6.45) is 3.21. The quantitative estimate of drug-likeness (QED) is 0.770. The molecule has 0 spiro atoms. The van der Waals surface area contributed by atoms with Gasteiger partial charge in [-0.05, 0) is 22.2 Å². The highest BCUT2D eigenvalue weighted by molar-refractivity contribution is 9.10. The Morgan fingerprint density at radius 1 is 1.63 bits per heavy atom. The first-order valence-electron chi connectivity index (χ1n) is 5.53. The van der Waals surface area contributed by atoms with E-state index in [1.54, 1.807) is 21.6 Å². The predicted octanol–water partition coefficient (Wildman–Crippen LogP) is 0.959. The van der Waals surface area contributed by atoms with Crippen LogP contribution >= 0.6 is 37.5 Å². The van der Waals surface area contributed by atoms with Crippen molar-refractivity contribution in [3.63, 3.8) is 0 Å². The Balaban J connectivity index is 2.27. The zero-order valence-electron chi connectivity index (χ0n) is 10.0. The van der Waals surface area contributed by atoms with E-state index in [2.05, 4.69) is 20.9 Å². The van der Waals surface area contributed by atoms with Crippen LogP contribution in [0.1, 0.15) is 12.6 Å². The first-order valence-corrected chi connectivity index (χ1v) is 8.95. The molecule has 1 aromatic rings. The lowest BCUT2D eigenvalue weighted by Gasteiger charge is -2.14. The number of nitrogens with one attached hydrogen (secondary N) is 1. The number of aromatic nitrogens is 2. The number of ether oxygens (including phenoxy) is 1. The second-order valence-corrected chi connectivity index (χ2v) is 7.56. The van der Waals surface area contributed by atoms with E-state index in [0.29, 0.717) is 6.42 Å². The lowest BCUT2D eigenvalue weighted by molar-refractivity contribution is -0.0238. The van der Waals surface area contributed by atoms with Crippen LogP contribution in [0.2, 0.25) is 0 Å². The van der Waals surface area contributed by atoms with Crippen molar-refractivity contribution in [3.8, 4) is 0 Å². The Bertz CT molecular complexity index is 561. The Morgan fingerprint density at radius 2 is 2.37 bits per heavy atom. The van der Waals surface area contributed by atoms with Crippen LogP contribution in [-0.4, -0.2) is 38.9 Å². The molecule has 0 unspecified atom stereocenters. The van der Waals surface area contributed by atoms with E-state index in [9.17, 15) is 14.7 Å². The molecule has 0 amide bonds. The molecule has 0 radical (unpaired) electrons. The van der Waals surface area contributed by atoms with Gasteiger partial charge in [0.25, 0.3) is 5.56 Å². The number of aliphatic hydroxyl groups excluding tert-OH is 1. The molecule has 2 N–H and O–H groups in total. The second kappa shape index (κ2) is 6.49. The molecule has 0 saturated carbocycles. The molecule has 6 nitrogen and oxygen atoms in total. The fourth-order valence-corrected chi connectivity index (χ4v) is 4.37. The zero-order valence-corrected chi connectivity index (χ0v) is 13.3. The lowest BCUT2D eigenvalue weighted by Crippen LogP contribution is -2.32. The minimum atomic E-state index is -0.510. The van der Waals surface area contributed by atoms with Crippen LogP contribution in [0.15, 0.2) is 20.3 Å². The van der Waals surface area contributed by atoms with Crippen molar-refractivity contribution in [2.75, 3.05) is 12.9 Å². The van der Waals surface area contributed by atoms with Crippen LogP contribution in [0.4, 0.5) is 0 Å². The van der Waals surface area contributed by atoms with Crippen LogP contribution in [-0.2, 0) is 4.74 Å². The number of hydrogen-bond acceptors (Lipinski definition) is 6. The van der Waals surface area contributed by atoms with Crippen molar-refractivity contribution in [2.24, 2.45) is 0 Å². The summed E-state index contributed by atoms with van der Waals surface area (Å²) in [5, 5.41) is 9.41. The Hall–Kier alpha value is -0.220. The summed E-state index contributed by atoms with van der Waals surface area (Å²) in [5.74, 6) is 0. The van der Waals surface area contributed by atoms with Gasteiger partial charge in [0.15, 0.2) is 0 Å². The Labute approximate surface area is 125 Å². The molecular formula is C10H13BrN2O4S2. The molecule has 19 heavy (non-hydrogen) atoms. The number of nitrogens with zero attached hydrogens (tertiary/aromatic N) is 1. The monoisotopic (exact) mass is 368 g/mol. The second-order valence-electron chi connectivity index (χ2n) is 3.99. The van der Waals surface area contributed by atoms with Gasteiger partial charge in [-0.2, -0.15) is 0 Å². The van der Waals surface area contributed by atoms with E-state index in [0.717, 1.165) is 0 Å². The summed E-state index contributed by atoms with van der Waals surface area (Å²) in [6.45, 7) is -0.0893. The number of aliphatic hydroxyl groups is 1. The van der Waals surface area contributed by atoms with Crippen LogP contribution in [0, 0.1) is 0 Å². The van der Waals surface area contributed by atoms with Crippen LogP contribution < -0.4 is 11.2 Å². The van der Waals surface area contributed by atoms with Gasteiger partial charge < -0.3 is 9.84 Å². The normalized spacial score (nSPS) is 26.8. The summed E-state index contributed by atoms with van der Waals surface area (Å²) >= 11 is 3.09. The highest BCUT2D eigenvalue weighted by Gasteiger charge is 2.36. The third kappa shape index (κ3) is 3.27. The Kier molecular flexibility index (Phi) is 5.18. The minimum Gasteiger partial charge on any atom is -0.394 e. The van der Waals surface area contributed by atoms with Crippen molar-refractivity contribution in [3.05, 3.63) is 31.5 Å². The lowest BCUT2D eigenvalue weighted by atomic mass is 10.2. The van der Waals surface area contributed by atoms with Gasteiger partial charge in [0.05, 0.1) is 17.2 Å². The fourth-order valence-electron chi connectivity index (χ4n) is 1.93. The molecule has 0 bridgehead atoms. The maximum atomic E-state index is 11.8. The maximum Gasteiger partial charge on any atom is 0.330 e. The predicted molar refractivity (Wildman–Crippen MR) is 79.5 cm³/mol. The molecule has 3 atom stereocenters. The summed E-state index contributed by atoms with van der Waals surface area (Å²) < 4.78 is 7.29. The molecule has 1 fully saturated rings. The number of H-pyrrole nitrogens is 1. The number of aromatic amines is 1. The SMILES string of the molecule is CSS[C@@H]1C[C@H](n2cc(Br)c(=O)[nH]c2=O)O[C@@H]1CO. The highest BCUT2D eigenvalue weighted by atomic mass is 79.9. The average Bonchev–Trinajstić information content (AvgIpc) is 2.77. The number of hydrogen-bond donors (Lipinski definition) is 2. The number of rotatable bonds is 4. The first kappa shape index (κ1) is 15.2. The standard InChI is InChI=1S/C10H13BrN2O4S2/c1-18-19-7-2-8(17-6(7)4-14)13-3-5(11)9(15)12-10(13)16/h3,6-8,14H,2,4H2,1H3,(H,12,15,16)/t6-,7-,8-/m1/s1. The molecule has 9 heteroatoms. The zero-order chi connectivity index (χ0) is 14.0. The van der Waals surface area contributed by atoms with E-state index >= 15 is 0 Å². The third-order valence-corrected chi connectivity index (χ3v) is 5.63. The summed E-state index contributed by atoms with van der Waals surface area (Å²) in [6, 6.07) is 0. The smallest absolute Gasteiger partial charge is 0.330 e. The van der Waals surface area contributed by atoms with Gasteiger partial charge in [-0.15, -0.1) is 0 Å². The molecule has 1 saturated heterocycles. The minimum absolute atomic E-state index is 0.0893. The van der Waals surface area contributed by atoms with Gasteiger partial charge in [0.2, 0.25) is 0 Å². The van der Waals surface area contributed by atoms with Gasteiger partial charge in [0, 0.05) is 17.9 Å². The largest absolute Gasteiger partial charge is 0.394 e. The summed E-state index contributed by atoms with van der Waals surface area (Å²) in [7, 11) is 3.21. The van der Waals surface area contributed by atoms with Gasteiger partial charge in [-0.1, -0.05) is 21.6 Å². The fraction of sp³-hybridized carbons (Fsp3) is 0.600. The molecule has 1 aliphatic heterocycles. The average molecular weight is 369 g/mol. The van der Waals surface area contributed by atoms with Gasteiger partial charge in [-0.25, -0.2) is 4.79 Å². The number of halogens is 1. The van der Waals surface area contributed by atoms with E-state index in [1.165, 1.54) is 10.8 Å². The first-order chi connectivity index (χ1) is 9.06. The van der Waals surface area contributed by atoms with E-state index in [4.69, 9.17) is 4.74 Å². The van der Waals surface area contributed by atoms with Crippen molar-refractivity contribution < 1.29 is 9.84 Å². The highest BCUT2D eigenvalue weighted by Crippen LogP contribution is 2.39. The molecule has 0 aromatic carbocycles. The summed E-state index contributed by atoms with van der Waals surface area (Å²) in [5.41, 5.74) is -0.974. The van der Waals surface area contributed by atoms with Crippen LogP contribution in [0.25, 0.3) is 0 Å². The van der Waals surface area contributed by atoms with Crippen LogP contribution in [0.5, 0.6) is 0 Å². The van der Waals surface area contributed by atoms with Gasteiger partial charge in [-0.3, -0.25) is 14.3 Å². The molecule has 0 aliphatic carbocycles. The Morgan fingerprint density at radius 3 is 3.00 bits per heavy atom. The van der Waals surface area contributed by atoms with Crippen molar-refractivity contribution in [2.45, 2.75) is 24.0 Å². The van der Waals surface area contributed by atoms with Crippen molar-refractivity contribution in [1.29, 1.82) is 0 Å². The molecule has 106 valence electrons. The van der Waals surface area contributed by atoms with E-state index in [1.807, 2.05) is 6.26 Å². The maximum absolute atomic E-state index is 11.8. The van der Waals surface area contributed by atoms with Crippen molar-refractivity contribution >= 4 is 37.5 Å². The molecule has 1 aromatic heterocycles. The molecule has 2 heterocycles. The third-order valence-electron chi connectivity index (χ3n) is 2.81. The van der Waals surface area contributed by atoms with E-state index in [-0.39, 0.29) is 22.4 Å². The summed E-state index contributed by atoms with van der Waals surface area (Å²) in [4.78, 5) is 25.3. The topological polar surface area (TPSA) is 84.3 Å². The molecule has 1 aliphatic rings.